The highest BCUT2D eigenvalue weighted by Gasteiger charge is 2.27. The molecule has 0 radical (unpaired) electrons. The predicted molar refractivity (Wildman–Crippen MR) is 82.7 cm³/mol. The number of ether oxygens (including phenoxy) is 1. The molecule has 1 heterocycles. The molecule has 4 nitrogen and oxygen atoms in total. The Morgan fingerprint density at radius 3 is 2.95 bits per heavy atom. The molecule has 1 atom stereocenters. The summed E-state index contributed by atoms with van der Waals surface area (Å²) in [6.07, 6.45) is 2.13. The van der Waals surface area contributed by atoms with Crippen LogP contribution >= 0.6 is 11.6 Å². The van der Waals surface area contributed by atoms with E-state index >= 15 is 0 Å². The maximum Gasteiger partial charge on any atom is 0.260 e. The fraction of sp³-hybridized carbons (Fsp3) is 0.562. The lowest BCUT2D eigenvalue weighted by Crippen LogP contribution is -2.36. The molecule has 0 bridgehead atoms. The molecule has 1 aromatic carbocycles. The average Bonchev–Trinajstić information content (AvgIpc) is 2.60. The van der Waals surface area contributed by atoms with E-state index in [1.165, 1.54) is 0 Å². The summed E-state index contributed by atoms with van der Waals surface area (Å²) < 4.78 is 5.54. The highest BCUT2D eigenvalue weighted by molar-refractivity contribution is 6.32. The van der Waals surface area contributed by atoms with Crippen molar-refractivity contribution in [3.8, 4) is 5.75 Å². The number of hydrogen-bond acceptors (Lipinski definition) is 3. The predicted octanol–water partition coefficient (Wildman–Crippen LogP) is 2.79. The number of aryl methyl sites for hydroxylation is 1. The second-order valence-electron chi connectivity index (χ2n) is 5.95. The van der Waals surface area contributed by atoms with Gasteiger partial charge in [0.1, 0.15) is 5.75 Å². The van der Waals surface area contributed by atoms with Gasteiger partial charge in [0.15, 0.2) is 6.61 Å². The molecule has 0 spiro atoms. The van der Waals surface area contributed by atoms with Crippen molar-refractivity contribution in [2.45, 2.75) is 38.7 Å². The first kappa shape index (κ1) is 16.1. The molecule has 1 aliphatic heterocycles. The summed E-state index contributed by atoms with van der Waals surface area (Å²) >= 11 is 6.05. The van der Waals surface area contributed by atoms with E-state index in [0.717, 1.165) is 18.4 Å². The van der Waals surface area contributed by atoms with Crippen LogP contribution in [0.15, 0.2) is 18.2 Å². The van der Waals surface area contributed by atoms with E-state index in [1.54, 1.807) is 11.0 Å². The molecule has 1 amide bonds. The number of hydrogen-bond donors (Lipinski definition) is 1. The second-order valence-corrected chi connectivity index (χ2v) is 6.36. The molecule has 0 saturated carbocycles. The number of halogens is 1. The SMILES string of the molecule is Cc1ccc(Cl)c(OCC(=O)N2CCCC(C)(O)CC2)c1. The zero-order valence-corrected chi connectivity index (χ0v) is 13.3. The van der Waals surface area contributed by atoms with E-state index in [-0.39, 0.29) is 12.5 Å². The van der Waals surface area contributed by atoms with Gasteiger partial charge >= 0.3 is 0 Å². The van der Waals surface area contributed by atoms with Crippen molar-refractivity contribution in [2.24, 2.45) is 0 Å². The third kappa shape index (κ3) is 4.61. The zero-order chi connectivity index (χ0) is 15.5. The topological polar surface area (TPSA) is 49.8 Å². The first-order chi connectivity index (χ1) is 9.87. The third-order valence-corrected chi connectivity index (χ3v) is 4.17. The molecule has 1 fully saturated rings. The first-order valence-electron chi connectivity index (χ1n) is 7.26. The fourth-order valence-corrected chi connectivity index (χ4v) is 2.64. The number of rotatable bonds is 3. The van der Waals surface area contributed by atoms with Crippen LogP contribution in [0, 0.1) is 6.92 Å². The highest BCUT2D eigenvalue weighted by atomic mass is 35.5. The van der Waals surface area contributed by atoms with Crippen LogP contribution in [0.5, 0.6) is 5.75 Å². The second kappa shape index (κ2) is 6.67. The summed E-state index contributed by atoms with van der Waals surface area (Å²) in [7, 11) is 0. The van der Waals surface area contributed by atoms with Crippen molar-refractivity contribution in [1.29, 1.82) is 0 Å². The van der Waals surface area contributed by atoms with E-state index < -0.39 is 5.60 Å². The molecule has 5 heteroatoms. The minimum atomic E-state index is -0.671. The molecular formula is C16H22ClNO3. The van der Waals surface area contributed by atoms with Gasteiger partial charge in [-0.1, -0.05) is 17.7 Å². The van der Waals surface area contributed by atoms with E-state index in [1.807, 2.05) is 26.0 Å². The molecule has 0 aromatic heterocycles. The summed E-state index contributed by atoms with van der Waals surface area (Å²) in [6.45, 7) is 4.98. The van der Waals surface area contributed by atoms with E-state index in [2.05, 4.69) is 0 Å². The normalized spacial score (nSPS) is 22.8. The zero-order valence-electron chi connectivity index (χ0n) is 12.6. The lowest BCUT2D eigenvalue weighted by molar-refractivity contribution is -0.133. The fourth-order valence-electron chi connectivity index (χ4n) is 2.46. The Bertz CT molecular complexity index is 516. The van der Waals surface area contributed by atoms with Crippen LogP contribution in [-0.2, 0) is 4.79 Å². The van der Waals surface area contributed by atoms with Gasteiger partial charge in [0.25, 0.3) is 5.91 Å². The third-order valence-electron chi connectivity index (χ3n) is 3.85. The molecule has 21 heavy (non-hydrogen) atoms. The molecule has 1 unspecified atom stereocenters. The summed E-state index contributed by atoms with van der Waals surface area (Å²) in [6, 6.07) is 5.48. The number of aliphatic hydroxyl groups is 1. The van der Waals surface area contributed by atoms with Crippen LogP contribution in [0.4, 0.5) is 0 Å². The van der Waals surface area contributed by atoms with Crippen molar-refractivity contribution >= 4 is 17.5 Å². The molecule has 1 aliphatic rings. The van der Waals surface area contributed by atoms with Gasteiger partial charge < -0.3 is 14.7 Å². The molecule has 1 N–H and O–H groups in total. The number of likely N-dealkylation sites (tertiary alicyclic amines) is 1. The van der Waals surface area contributed by atoms with Crippen molar-refractivity contribution < 1.29 is 14.6 Å². The summed E-state index contributed by atoms with van der Waals surface area (Å²) in [5.41, 5.74) is 0.364. The molecule has 116 valence electrons. The van der Waals surface area contributed by atoms with E-state index in [4.69, 9.17) is 16.3 Å². The standard InChI is InChI=1S/C16H22ClNO3/c1-12-4-5-13(17)14(10-12)21-11-15(19)18-8-3-6-16(2,20)7-9-18/h4-5,10,20H,3,6-9,11H2,1-2H3. The number of benzene rings is 1. The number of amides is 1. The van der Waals surface area contributed by atoms with Gasteiger partial charge in [0.2, 0.25) is 0 Å². The minimum absolute atomic E-state index is 0.0225. The minimum Gasteiger partial charge on any atom is -0.482 e. The summed E-state index contributed by atoms with van der Waals surface area (Å²) in [5.74, 6) is 0.470. The Morgan fingerprint density at radius 1 is 1.43 bits per heavy atom. The number of nitrogens with zero attached hydrogens (tertiary/aromatic N) is 1. The maximum atomic E-state index is 12.2. The van der Waals surface area contributed by atoms with E-state index in [0.29, 0.717) is 30.3 Å². The lowest BCUT2D eigenvalue weighted by Gasteiger charge is -2.22. The lowest BCUT2D eigenvalue weighted by atomic mass is 9.98. The highest BCUT2D eigenvalue weighted by Crippen LogP contribution is 2.25. The smallest absolute Gasteiger partial charge is 0.260 e. The number of carbonyl (C=O) groups is 1. The van der Waals surface area contributed by atoms with Gasteiger partial charge in [-0.2, -0.15) is 0 Å². The summed E-state index contributed by atoms with van der Waals surface area (Å²) in [4.78, 5) is 14.0. The average molecular weight is 312 g/mol. The van der Waals surface area contributed by atoms with Crippen molar-refractivity contribution in [2.75, 3.05) is 19.7 Å². The molecular weight excluding hydrogens is 290 g/mol. The van der Waals surface area contributed by atoms with Gasteiger partial charge in [0.05, 0.1) is 10.6 Å². The summed E-state index contributed by atoms with van der Waals surface area (Å²) in [5, 5.41) is 10.5. The van der Waals surface area contributed by atoms with Crippen LogP contribution in [0.1, 0.15) is 31.7 Å². The Hall–Kier alpha value is -1.26. The Labute approximate surface area is 130 Å². The number of carbonyl (C=O) groups excluding carboxylic acids is 1. The van der Waals surface area contributed by atoms with Gasteiger partial charge in [-0.3, -0.25) is 4.79 Å². The van der Waals surface area contributed by atoms with Crippen molar-refractivity contribution in [3.05, 3.63) is 28.8 Å². The molecule has 0 aliphatic carbocycles. The van der Waals surface area contributed by atoms with Crippen LogP contribution in [0.2, 0.25) is 5.02 Å². The van der Waals surface area contributed by atoms with Crippen LogP contribution in [0.25, 0.3) is 0 Å². The van der Waals surface area contributed by atoms with Gasteiger partial charge in [-0.25, -0.2) is 0 Å². The largest absolute Gasteiger partial charge is 0.482 e. The Kier molecular flexibility index (Phi) is 5.12. The van der Waals surface area contributed by atoms with Crippen LogP contribution in [0.3, 0.4) is 0 Å². The maximum absolute atomic E-state index is 12.2. The van der Waals surface area contributed by atoms with Gasteiger partial charge in [0, 0.05) is 13.1 Å². The first-order valence-corrected chi connectivity index (χ1v) is 7.64. The molecule has 1 aromatic rings. The van der Waals surface area contributed by atoms with Gasteiger partial charge in [-0.05, 0) is 50.8 Å². The molecule has 1 saturated heterocycles. The van der Waals surface area contributed by atoms with Crippen LogP contribution in [-0.4, -0.2) is 41.2 Å². The Morgan fingerprint density at radius 2 is 2.19 bits per heavy atom. The monoisotopic (exact) mass is 311 g/mol. The van der Waals surface area contributed by atoms with Crippen molar-refractivity contribution in [3.63, 3.8) is 0 Å². The van der Waals surface area contributed by atoms with Crippen molar-refractivity contribution in [1.82, 2.24) is 4.90 Å². The quantitative estimate of drug-likeness (QED) is 0.934. The Balaban J connectivity index is 1.91. The van der Waals surface area contributed by atoms with Gasteiger partial charge in [-0.15, -0.1) is 0 Å². The van der Waals surface area contributed by atoms with E-state index in [9.17, 15) is 9.90 Å². The molecule has 2 rings (SSSR count). The van der Waals surface area contributed by atoms with Crippen LogP contribution < -0.4 is 4.74 Å².